The van der Waals surface area contributed by atoms with Crippen molar-refractivity contribution in [1.82, 2.24) is 0 Å². The maximum atomic E-state index is 6.75. The van der Waals surface area contributed by atoms with E-state index in [9.17, 15) is 0 Å². The molecule has 1 aromatic rings. The van der Waals surface area contributed by atoms with Crippen LogP contribution in [0.2, 0.25) is 0 Å². The first-order valence-electron chi connectivity index (χ1n) is 9.73. The first-order chi connectivity index (χ1) is 11.3. The normalized spacial score (nSPS) is 21.5. The summed E-state index contributed by atoms with van der Waals surface area (Å²) in [6, 6.07) is 9.49. The van der Waals surface area contributed by atoms with Gasteiger partial charge in [0.2, 0.25) is 0 Å². The molecule has 0 aromatic heterocycles. The van der Waals surface area contributed by atoms with E-state index in [0.717, 1.165) is 17.7 Å². The third kappa shape index (κ3) is 3.64. The standard InChI is InChI=1S/C21H32ClP/c1-2-18-10-9-15-21(16-18)23(17-22,19-11-5-3-6-12-19)20-13-7-4-8-14-20/h9-10,15-17,19-20H,2-8,11-14H2,1H3. The summed E-state index contributed by atoms with van der Waals surface area (Å²) in [4.78, 5) is 0. The van der Waals surface area contributed by atoms with Crippen LogP contribution in [0, 0.1) is 5.62 Å². The maximum absolute atomic E-state index is 6.75. The molecule has 2 saturated carbocycles. The molecule has 0 atom stereocenters. The summed E-state index contributed by atoms with van der Waals surface area (Å²) in [6.45, 7) is 2.27. The van der Waals surface area contributed by atoms with Crippen molar-refractivity contribution in [2.24, 2.45) is 0 Å². The molecule has 3 rings (SSSR count). The summed E-state index contributed by atoms with van der Waals surface area (Å²) in [5, 5.41) is 1.62. The van der Waals surface area contributed by atoms with E-state index in [2.05, 4.69) is 36.8 Å². The van der Waals surface area contributed by atoms with E-state index in [0.29, 0.717) is 0 Å². The van der Waals surface area contributed by atoms with Gasteiger partial charge in [-0.3, -0.25) is 0 Å². The van der Waals surface area contributed by atoms with Crippen LogP contribution in [0.5, 0.6) is 0 Å². The van der Waals surface area contributed by atoms with Crippen LogP contribution in [0.25, 0.3) is 0 Å². The van der Waals surface area contributed by atoms with E-state index >= 15 is 0 Å². The van der Waals surface area contributed by atoms with Crippen LogP contribution in [0.15, 0.2) is 24.3 Å². The zero-order valence-corrected chi connectivity index (χ0v) is 16.3. The molecule has 0 unspecified atom stereocenters. The molecule has 0 spiro atoms. The Morgan fingerprint density at radius 3 is 2.00 bits per heavy atom. The van der Waals surface area contributed by atoms with Crippen molar-refractivity contribution in [3.63, 3.8) is 0 Å². The zero-order valence-electron chi connectivity index (χ0n) is 14.6. The van der Waals surface area contributed by atoms with Crippen molar-refractivity contribution in [1.29, 1.82) is 0 Å². The Bertz CT molecular complexity index is 468. The van der Waals surface area contributed by atoms with Crippen LogP contribution >= 0.6 is 18.9 Å². The quantitative estimate of drug-likeness (QED) is 0.399. The van der Waals surface area contributed by atoms with Gasteiger partial charge in [0.15, 0.2) is 0 Å². The summed E-state index contributed by atoms with van der Waals surface area (Å²) < 4.78 is 0. The van der Waals surface area contributed by atoms with Crippen LogP contribution < -0.4 is 5.30 Å². The third-order valence-electron chi connectivity index (χ3n) is 6.29. The lowest BCUT2D eigenvalue weighted by Gasteiger charge is -2.48. The number of halogens is 1. The van der Waals surface area contributed by atoms with Crippen LogP contribution in [-0.4, -0.2) is 11.3 Å². The van der Waals surface area contributed by atoms with Crippen molar-refractivity contribution >= 4 is 24.2 Å². The maximum Gasteiger partial charge on any atom is 0.0667 e. The van der Waals surface area contributed by atoms with E-state index in [-0.39, 0.29) is 0 Å². The van der Waals surface area contributed by atoms with Crippen LogP contribution in [0.3, 0.4) is 0 Å². The van der Waals surface area contributed by atoms with Gasteiger partial charge in [-0.1, -0.05) is 44.8 Å². The SMILES string of the molecule is CCc1cccc([P+]([CH-]Cl)(C2CCCCC2)C2CCCCC2)c1. The van der Waals surface area contributed by atoms with Crippen molar-refractivity contribution in [3.05, 3.63) is 35.5 Å². The minimum Gasteiger partial charge on any atom is -0.304 e. The van der Waals surface area contributed by atoms with Gasteiger partial charge in [0.1, 0.15) is 0 Å². The highest BCUT2D eigenvalue weighted by Crippen LogP contribution is 2.74. The lowest BCUT2D eigenvalue weighted by molar-refractivity contribution is 0.483. The topological polar surface area (TPSA) is 0 Å². The number of hydrogen-bond acceptors (Lipinski definition) is 0. The second-order valence-corrected chi connectivity index (χ2v) is 12.0. The number of rotatable bonds is 5. The van der Waals surface area contributed by atoms with E-state index in [1.807, 2.05) is 0 Å². The average molecular weight is 351 g/mol. The predicted octanol–water partition coefficient (Wildman–Crippen LogP) is 6.92. The highest BCUT2D eigenvalue weighted by Gasteiger charge is 2.47. The van der Waals surface area contributed by atoms with Gasteiger partial charge in [-0.15, -0.1) is 0 Å². The van der Waals surface area contributed by atoms with Gasteiger partial charge in [-0.05, 0) is 75.5 Å². The Kier molecular flexibility index (Phi) is 6.45. The molecule has 23 heavy (non-hydrogen) atoms. The average Bonchev–Trinajstić information content (AvgIpc) is 2.65. The molecule has 0 radical (unpaired) electrons. The van der Waals surface area contributed by atoms with Crippen LogP contribution in [0.4, 0.5) is 0 Å². The highest BCUT2D eigenvalue weighted by molar-refractivity contribution is 7.87. The molecule has 0 saturated heterocycles. The Labute approximate surface area is 148 Å². The summed E-state index contributed by atoms with van der Waals surface area (Å²) in [5.41, 5.74) is 5.40. The van der Waals surface area contributed by atoms with E-state index < -0.39 is 7.26 Å². The number of aryl methyl sites for hydroxylation is 1. The molecule has 2 heteroatoms. The third-order valence-corrected chi connectivity index (χ3v) is 12.2. The molecule has 1 aromatic carbocycles. The molecule has 2 fully saturated rings. The second kappa shape index (κ2) is 8.35. The molecule has 2 aliphatic rings. The van der Waals surface area contributed by atoms with Gasteiger partial charge in [-0.2, -0.15) is 0 Å². The lowest BCUT2D eigenvalue weighted by Crippen LogP contribution is -2.34. The van der Waals surface area contributed by atoms with Crippen molar-refractivity contribution in [3.8, 4) is 0 Å². The number of hydrogen-bond donors (Lipinski definition) is 0. The monoisotopic (exact) mass is 350 g/mol. The lowest BCUT2D eigenvalue weighted by atomic mass is 9.99. The van der Waals surface area contributed by atoms with Crippen molar-refractivity contribution in [2.45, 2.75) is 88.9 Å². The van der Waals surface area contributed by atoms with E-state index in [1.165, 1.54) is 69.8 Å². The van der Waals surface area contributed by atoms with Gasteiger partial charge < -0.3 is 11.6 Å². The van der Waals surface area contributed by atoms with Gasteiger partial charge in [0, 0.05) is 11.3 Å². The molecule has 0 N–H and O–H groups in total. The molecule has 2 aliphatic carbocycles. The molecule has 0 nitrogen and oxygen atoms in total. The molecule has 0 aliphatic heterocycles. The summed E-state index contributed by atoms with van der Waals surface area (Å²) >= 11 is 6.75. The molecule has 0 bridgehead atoms. The minimum absolute atomic E-state index is 0.851. The smallest absolute Gasteiger partial charge is 0.0667 e. The number of benzene rings is 1. The first kappa shape index (κ1) is 17.8. The molecule has 128 valence electrons. The van der Waals surface area contributed by atoms with E-state index in [4.69, 9.17) is 11.6 Å². The Morgan fingerprint density at radius 2 is 1.52 bits per heavy atom. The van der Waals surface area contributed by atoms with Gasteiger partial charge >= 0.3 is 0 Å². The Morgan fingerprint density at radius 1 is 0.957 bits per heavy atom. The summed E-state index contributed by atoms with van der Waals surface area (Å²) in [7, 11) is -1.38. The summed E-state index contributed by atoms with van der Waals surface area (Å²) in [5.74, 6) is 0. The molecular weight excluding hydrogens is 319 g/mol. The van der Waals surface area contributed by atoms with Crippen LogP contribution in [0.1, 0.15) is 76.7 Å². The van der Waals surface area contributed by atoms with Gasteiger partial charge in [0.05, 0.1) is 5.30 Å². The van der Waals surface area contributed by atoms with E-state index in [1.54, 1.807) is 5.30 Å². The molecular formula is C21H32ClP. The van der Waals surface area contributed by atoms with Gasteiger partial charge in [0.25, 0.3) is 0 Å². The largest absolute Gasteiger partial charge is 0.304 e. The fourth-order valence-electron chi connectivity index (χ4n) is 4.97. The van der Waals surface area contributed by atoms with Crippen LogP contribution in [-0.2, 0) is 6.42 Å². The predicted molar refractivity (Wildman–Crippen MR) is 106 cm³/mol. The first-order valence-corrected chi connectivity index (χ1v) is 12.2. The Balaban J connectivity index is 2.02. The fourth-order valence-corrected chi connectivity index (χ4v) is 11.3. The molecule has 0 amide bonds. The fraction of sp³-hybridized carbons (Fsp3) is 0.667. The Hall–Kier alpha value is -0.0600. The second-order valence-electron chi connectivity index (χ2n) is 7.54. The van der Waals surface area contributed by atoms with Crippen molar-refractivity contribution in [2.75, 3.05) is 0 Å². The highest BCUT2D eigenvalue weighted by atomic mass is 35.5. The van der Waals surface area contributed by atoms with Crippen molar-refractivity contribution < 1.29 is 0 Å². The molecule has 0 heterocycles. The minimum atomic E-state index is -1.38. The zero-order chi connectivity index (χ0) is 16.1. The summed E-state index contributed by atoms with van der Waals surface area (Å²) in [6.07, 6.45) is 15.3. The van der Waals surface area contributed by atoms with Gasteiger partial charge in [-0.25, -0.2) is 0 Å².